The fraction of sp³-hybridized carbons (Fsp3) is 0.692. The summed E-state index contributed by atoms with van der Waals surface area (Å²) in [5, 5.41) is 22.0. The summed E-state index contributed by atoms with van der Waals surface area (Å²) in [5.41, 5.74) is -0.482. The minimum atomic E-state index is -0.985. The molecule has 1 amide bonds. The van der Waals surface area contributed by atoms with Gasteiger partial charge >= 0.3 is 17.9 Å². The van der Waals surface area contributed by atoms with Gasteiger partial charge < -0.3 is 25.3 Å². The van der Waals surface area contributed by atoms with Crippen molar-refractivity contribution in [2.45, 2.75) is 38.0 Å². The topological polar surface area (TPSA) is 123 Å². The predicted molar refractivity (Wildman–Crippen MR) is 78.5 cm³/mol. The second-order valence-electron chi connectivity index (χ2n) is 6.32. The van der Waals surface area contributed by atoms with Gasteiger partial charge in [0.2, 0.25) is 0 Å². The van der Waals surface area contributed by atoms with E-state index in [2.05, 4.69) is 15.2 Å². The number of nitrogens with zero attached hydrogens (tertiary/aromatic N) is 4. The molecule has 2 aliphatic heterocycles. The molecule has 0 radical (unpaired) electrons. The molecule has 1 saturated heterocycles. The normalized spacial score (nSPS) is 24.9. The Balaban J connectivity index is 1.54. The van der Waals surface area contributed by atoms with Gasteiger partial charge in [0.1, 0.15) is 11.8 Å². The summed E-state index contributed by atoms with van der Waals surface area (Å²) in [4.78, 5) is 26.9. The summed E-state index contributed by atoms with van der Waals surface area (Å²) in [6, 6.07) is 0.278. The maximum Gasteiger partial charge on any atom is 0.415 e. The Hall–Kier alpha value is -2.36. The molecular weight excluding hydrogens is 306 g/mol. The molecule has 2 aliphatic rings. The van der Waals surface area contributed by atoms with E-state index in [-0.39, 0.29) is 17.9 Å². The molecule has 126 valence electrons. The molecule has 1 unspecified atom stereocenters. The summed E-state index contributed by atoms with van der Waals surface area (Å²) in [6.07, 6.45) is 1.93. The Bertz CT molecular complexity index is 599. The van der Waals surface area contributed by atoms with E-state index < -0.39 is 16.6 Å². The third-order valence-corrected chi connectivity index (χ3v) is 4.23. The first-order valence-electron chi connectivity index (χ1n) is 7.47. The highest BCUT2D eigenvalue weighted by molar-refractivity contribution is 5.64. The summed E-state index contributed by atoms with van der Waals surface area (Å²) >= 11 is 0. The van der Waals surface area contributed by atoms with Crippen LogP contribution in [0.2, 0.25) is 0 Å². The highest BCUT2D eigenvalue weighted by Gasteiger charge is 2.41. The van der Waals surface area contributed by atoms with E-state index in [0.29, 0.717) is 13.1 Å². The van der Waals surface area contributed by atoms with Gasteiger partial charge in [0.05, 0.1) is 6.54 Å². The van der Waals surface area contributed by atoms with Crippen LogP contribution in [0.15, 0.2) is 6.20 Å². The zero-order valence-electron chi connectivity index (χ0n) is 12.8. The van der Waals surface area contributed by atoms with Gasteiger partial charge in [0.25, 0.3) is 0 Å². The largest absolute Gasteiger partial charge is 0.465 e. The number of amides is 1. The maximum atomic E-state index is 10.7. The quantitative estimate of drug-likeness (QED) is 0.616. The minimum absolute atomic E-state index is 0.000795. The number of nitro groups is 1. The van der Waals surface area contributed by atoms with Crippen molar-refractivity contribution in [3.63, 3.8) is 0 Å². The number of carboxylic acid groups (broad SMARTS) is 1. The van der Waals surface area contributed by atoms with Crippen LogP contribution in [0.25, 0.3) is 0 Å². The Morgan fingerprint density at radius 1 is 1.61 bits per heavy atom. The van der Waals surface area contributed by atoms with Gasteiger partial charge in [-0.05, 0) is 24.7 Å². The third-order valence-electron chi connectivity index (χ3n) is 4.23. The van der Waals surface area contributed by atoms with E-state index in [4.69, 9.17) is 9.84 Å². The Kier molecular flexibility index (Phi) is 3.84. The molecule has 0 aliphatic carbocycles. The van der Waals surface area contributed by atoms with Crippen molar-refractivity contribution in [3.8, 4) is 6.01 Å². The number of imidazole rings is 1. The van der Waals surface area contributed by atoms with E-state index in [9.17, 15) is 14.9 Å². The monoisotopic (exact) mass is 325 g/mol. The van der Waals surface area contributed by atoms with Crippen LogP contribution in [0.1, 0.15) is 19.8 Å². The average molecular weight is 325 g/mol. The number of ether oxygens (including phenoxy) is 1. The van der Waals surface area contributed by atoms with Crippen molar-refractivity contribution in [1.82, 2.24) is 19.8 Å². The molecule has 23 heavy (non-hydrogen) atoms. The van der Waals surface area contributed by atoms with Gasteiger partial charge in [0, 0.05) is 30.7 Å². The first-order valence-corrected chi connectivity index (χ1v) is 7.47. The van der Waals surface area contributed by atoms with E-state index >= 15 is 0 Å². The van der Waals surface area contributed by atoms with Crippen LogP contribution in [-0.2, 0) is 6.54 Å². The second kappa shape index (κ2) is 5.69. The maximum absolute atomic E-state index is 10.7. The molecule has 3 rings (SSSR count). The Morgan fingerprint density at radius 3 is 2.87 bits per heavy atom. The lowest BCUT2D eigenvalue weighted by atomic mass is 10.0. The average Bonchev–Trinajstić information content (AvgIpc) is 2.95. The van der Waals surface area contributed by atoms with Gasteiger partial charge in [-0.1, -0.05) is 0 Å². The SMILES string of the molecule is CC1(CN2CCC(NC(=O)O)CC2)Cn2cc([N+](=O)[O-])nc2O1. The summed E-state index contributed by atoms with van der Waals surface area (Å²) < 4.78 is 7.48. The van der Waals surface area contributed by atoms with Gasteiger partial charge in [-0.15, -0.1) is 0 Å². The van der Waals surface area contributed by atoms with Gasteiger partial charge in [-0.3, -0.25) is 9.47 Å². The molecule has 1 fully saturated rings. The number of likely N-dealkylation sites (tertiary alicyclic amines) is 1. The van der Waals surface area contributed by atoms with Crippen molar-refractivity contribution >= 4 is 11.9 Å². The van der Waals surface area contributed by atoms with Crippen LogP contribution in [0, 0.1) is 10.1 Å². The Morgan fingerprint density at radius 2 is 2.30 bits per heavy atom. The number of fused-ring (bicyclic) bond motifs is 1. The van der Waals surface area contributed by atoms with Gasteiger partial charge in [-0.2, -0.15) is 0 Å². The molecule has 1 aromatic heterocycles. The number of nitrogens with one attached hydrogen (secondary N) is 1. The van der Waals surface area contributed by atoms with Crippen LogP contribution < -0.4 is 10.1 Å². The number of piperidine rings is 1. The number of aromatic nitrogens is 2. The molecule has 0 spiro atoms. The smallest absolute Gasteiger partial charge is 0.415 e. The molecule has 0 bridgehead atoms. The molecular formula is C13H19N5O5. The van der Waals surface area contributed by atoms with Crippen LogP contribution in [0.3, 0.4) is 0 Å². The van der Waals surface area contributed by atoms with E-state index in [0.717, 1.165) is 25.9 Å². The summed E-state index contributed by atoms with van der Waals surface area (Å²) in [5.74, 6) is -0.206. The van der Waals surface area contributed by atoms with Crippen LogP contribution >= 0.6 is 0 Å². The Labute approximate surface area is 132 Å². The van der Waals surface area contributed by atoms with E-state index in [1.54, 1.807) is 4.57 Å². The standard InChI is InChI=1S/C13H19N5O5/c1-13(7-16-4-2-9(3-5-16)14-12(19)20)8-17-6-10(18(21)22)15-11(17)23-13/h6,9,14H,2-5,7-8H2,1H3,(H,19,20). The molecule has 1 atom stereocenters. The van der Waals surface area contributed by atoms with Crippen LogP contribution in [0.4, 0.5) is 10.6 Å². The summed E-state index contributed by atoms with van der Waals surface area (Å²) in [6.45, 7) is 4.70. The number of carbonyl (C=O) groups is 1. The molecule has 10 nitrogen and oxygen atoms in total. The van der Waals surface area contributed by atoms with E-state index in [1.807, 2.05) is 6.92 Å². The van der Waals surface area contributed by atoms with Crippen molar-refractivity contribution in [3.05, 3.63) is 16.3 Å². The van der Waals surface area contributed by atoms with E-state index in [1.165, 1.54) is 6.20 Å². The molecule has 2 N–H and O–H groups in total. The fourth-order valence-electron chi connectivity index (χ4n) is 3.25. The van der Waals surface area contributed by atoms with Gasteiger partial charge in [-0.25, -0.2) is 4.79 Å². The van der Waals surface area contributed by atoms with Crippen molar-refractivity contribution < 1.29 is 19.6 Å². The predicted octanol–water partition coefficient (Wildman–Crippen LogP) is 0.674. The lowest BCUT2D eigenvalue weighted by molar-refractivity contribution is -0.389. The first-order chi connectivity index (χ1) is 10.8. The van der Waals surface area contributed by atoms with Crippen LogP contribution in [0.5, 0.6) is 6.01 Å². The summed E-state index contributed by atoms with van der Waals surface area (Å²) in [7, 11) is 0. The molecule has 0 saturated carbocycles. The molecule has 1 aromatic rings. The van der Waals surface area contributed by atoms with Crippen LogP contribution in [-0.4, -0.2) is 61.9 Å². The molecule has 3 heterocycles. The molecule has 0 aromatic carbocycles. The minimum Gasteiger partial charge on any atom is -0.465 e. The first kappa shape index (κ1) is 15.5. The zero-order valence-corrected chi connectivity index (χ0v) is 12.8. The highest BCUT2D eigenvalue weighted by atomic mass is 16.6. The second-order valence-corrected chi connectivity index (χ2v) is 6.32. The third kappa shape index (κ3) is 3.36. The number of hydrogen-bond donors (Lipinski definition) is 2. The zero-order chi connectivity index (χ0) is 16.6. The van der Waals surface area contributed by atoms with Crippen molar-refractivity contribution in [1.29, 1.82) is 0 Å². The lowest BCUT2D eigenvalue weighted by Crippen LogP contribution is -2.50. The van der Waals surface area contributed by atoms with Gasteiger partial charge in [0.15, 0.2) is 0 Å². The molecule has 10 heteroatoms. The lowest BCUT2D eigenvalue weighted by Gasteiger charge is -2.36. The number of hydrogen-bond acceptors (Lipinski definition) is 6. The highest BCUT2D eigenvalue weighted by Crippen LogP contribution is 2.31. The fourth-order valence-corrected chi connectivity index (χ4v) is 3.25. The van der Waals surface area contributed by atoms with Crippen molar-refractivity contribution in [2.75, 3.05) is 19.6 Å². The number of rotatable bonds is 4. The van der Waals surface area contributed by atoms with Crippen molar-refractivity contribution in [2.24, 2.45) is 0 Å².